The van der Waals surface area contributed by atoms with E-state index in [1.807, 2.05) is 63.3 Å². The standard InChI is InChI=1S/C15H22N2O/c1-15(2,3)17-14(18)12-16-11-7-10-13-8-5-4-6-9-13/h4-10,16H,11-12H2,1-3H3,(H,17,18)/b10-7+. The molecular weight excluding hydrogens is 224 g/mol. The van der Waals surface area contributed by atoms with Crippen LogP contribution < -0.4 is 10.6 Å². The average Bonchev–Trinajstić information content (AvgIpc) is 2.27. The smallest absolute Gasteiger partial charge is 0.234 e. The van der Waals surface area contributed by atoms with Crippen LogP contribution in [0.3, 0.4) is 0 Å². The van der Waals surface area contributed by atoms with E-state index in [4.69, 9.17) is 0 Å². The minimum atomic E-state index is -0.168. The van der Waals surface area contributed by atoms with Gasteiger partial charge in [0.05, 0.1) is 6.54 Å². The topological polar surface area (TPSA) is 41.1 Å². The third kappa shape index (κ3) is 6.86. The van der Waals surface area contributed by atoms with Gasteiger partial charge in [-0.1, -0.05) is 42.5 Å². The van der Waals surface area contributed by atoms with Gasteiger partial charge in [0.25, 0.3) is 0 Å². The van der Waals surface area contributed by atoms with Crippen molar-refractivity contribution < 1.29 is 4.79 Å². The molecule has 0 aromatic heterocycles. The maximum atomic E-state index is 11.5. The van der Waals surface area contributed by atoms with Crippen LogP contribution in [0.2, 0.25) is 0 Å². The molecule has 2 N–H and O–H groups in total. The SMILES string of the molecule is CC(C)(C)NC(=O)CNC/C=C/c1ccccc1. The Morgan fingerprint density at radius 1 is 1.22 bits per heavy atom. The predicted octanol–water partition coefficient (Wildman–Crippen LogP) is 2.20. The Bertz CT molecular complexity index is 391. The van der Waals surface area contributed by atoms with Gasteiger partial charge < -0.3 is 10.6 Å². The van der Waals surface area contributed by atoms with Gasteiger partial charge in [-0.15, -0.1) is 0 Å². The van der Waals surface area contributed by atoms with Crippen LogP contribution in [0.15, 0.2) is 36.4 Å². The molecular formula is C15H22N2O. The van der Waals surface area contributed by atoms with Gasteiger partial charge in [-0.2, -0.15) is 0 Å². The Kier molecular flexibility index (Phi) is 5.59. The van der Waals surface area contributed by atoms with Crippen molar-refractivity contribution in [1.29, 1.82) is 0 Å². The fraction of sp³-hybridized carbons (Fsp3) is 0.400. The first-order valence-corrected chi connectivity index (χ1v) is 6.21. The molecule has 0 aliphatic rings. The Morgan fingerprint density at radius 3 is 2.50 bits per heavy atom. The van der Waals surface area contributed by atoms with E-state index in [1.165, 1.54) is 5.56 Å². The summed E-state index contributed by atoms with van der Waals surface area (Å²) >= 11 is 0. The van der Waals surface area contributed by atoms with Gasteiger partial charge in [0.1, 0.15) is 0 Å². The Morgan fingerprint density at radius 2 is 1.89 bits per heavy atom. The van der Waals surface area contributed by atoms with Crippen LogP contribution in [0.25, 0.3) is 6.08 Å². The molecule has 0 aliphatic heterocycles. The number of amides is 1. The second-order valence-electron chi connectivity index (χ2n) is 5.24. The van der Waals surface area contributed by atoms with Crippen LogP contribution in [0, 0.1) is 0 Å². The van der Waals surface area contributed by atoms with Crippen LogP contribution in [-0.4, -0.2) is 24.5 Å². The Hall–Kier alpha value is -1.61. The van der Waals surface area contributed by atoms with Crippen molar-refractivity contribution in [3.8, 4) is 0 Å². The monoisotopic (exact) mass is 246 g/mol. The van der Waals surface area contributed by atoms with Crippen LogP contribution in [0.5, 0.6) is 0 Å². The molecule has 0 saturated carbocycles. The van der Waals surface area contributed by atoms with Crippen molar-refractivity contribution in [3.05, 3.63) is 42.0 Å². The summed E-state index contributed by atoms with van der Waals surface area (Å²) in [5, 5.41) is 5.98. The number of carbonyl (C=O) groups is 1. The van der Waals surface area contributed by atoms with Crippen LogP contribution in [0.1, 0.15) is 26.3 Å². The molecule has 1 aromatic carbocycles. The minimum absolute atomic E-state index is 0.0237. The summed E-state index contributed by atoms with van der Waals surface area (Å²) < 4.78 is 0. The largest absolute Gasteiger partial charge is 0.350 e. The highest BCUT2D eigenvalue weighted by Gasteiger charge is 2.12. The summed E-state index contributed by atoms with van der Waals surface area (Å²) in [7, 11) is 0. The molecule has 0 saturated heterocycles. The van der Waals surface area contributed by atoms with E-state index >= 15 is 0 Å². The van der Waals surface area contributed by atoms with Gasteiger partial charge in [-0.3, -0.25) is 4.79 Å². The summed E-state index contributed by atoms with van der Waals surface area (Å²) in [6.07, 6.45) is 4.05. The molecule has 0 bridgehead atoms. The van der Waals surface area contributed by atoms with Crippen molar-refractivity contribution in [2.45, 2.75) is 26.3 Å². The molecule has 98 valence electrons. The third-order valence-electron chi connectivity index (χ3n) is 2.17. The van der Waals surface area contributed by atoms with Crippen LogP contribution >= 0.6 is 0 Å². The zero-order valence-corrected chi connectivity index (χ0v) is 11.4. The molecule has 0 heterocycles. The predicted molar refractivity (Wildman–Crippen MR) is 76.2 cm³/mol. The number of hydrogen-bond acceptors (Lipinski definition) is 2. The fourth-order valence-electron chi connectivity index (χ4n) is 1.49. The van der Waals surface area contributed by atoms with E-state index in [2.05, 4.69) is 10.6 Å². The zero-order valence-electron chi connectivity index (χ0n) is 11.4. The van der Waals surface area contributed by atoms with E-state index in [-0.39, 0.29) is 11.4 Å². The number of hydrogen-bond donors (Lipinski definition) is 2. The summed E-state index contributed by atoms with van der Waals surface area (Å²) in [5.41, 5.74) is 0.997. The van der Waals surface area contributed by atoms with Gasteiger partial charge >= 0.3 is 0 Å². The van der Waals surface area contributed by atoms with E-state index < -0.39 is 0 Å². The average molecular weight is 246 g/mol. The van der Waals surface area contributed by atoms with Gasteiger partial charge in [-0.25, -0.2) is 0 Å². The van der Waals surface area contributed by atoms with Gasteiger partial charge in [0.15, 0.2) is 0 Å². The summed E-state index contributed by atoms with van der Waals surface area (Å²) in [5.74, 6) is 0.0237. The lowest BCUT2D eigenvalue weighted by atomic mass is 10.1. The molecule has 1 amide bonds. The molecule has 18 heavy (non-hydrogen) atoms. The summed E-state index contributed by atoms with van der Waals surface area (Å²) in [4.78, 5) is 11.5. The van der Waals surface area contributed by atoms with Crippen molar-refractivity contribution >= 4 is 12.0 Å². The molecule has 3 nitrogen and oxygen atoms in total. The lowest BCUT2D eigenvalue weighted by Crippen LogP contribution is -2.44. The van der Waals surface area contributed by atoms with E-state index in [0.29, 0.717) is 13.1 Å². The highest BCUT2D eigenvalue weighted by Crippen LogP contribution is 2.00. The molecule has 0 spiro atoms. The summed E-state index contributed by atoms with van der Waals surface area (Å²) in [6, 6.07) is 10.1. The molecule has 0 atom stereocenters. The Labute approximate surface area is 109 Å². The lowest BCUT2D eigenvalue weighted by molar-refractivity contribution is -0.121. The van der Waals surface area contributed by atoms with E-state index in [0.717, 1.165) is 0 Å². The lowest BCUT2D eigenvalue weighted by Gasteiger charge is -2.20. The molecule has 0 unspecified atom stereocenters. The normalized spacial score (nSPS) is 11.7. The van der Waals surface area contributed by atoms with Crippen molar-refractivity contribution in [2.75, 3.05) is 13.1 Å². The first kappa shape index (κ1) is 14.5. The van der Waals surface area contributed by atoms with E-state index in [9.17, 15) is 4.79 Å². The molecule has 0 fully saturated rings. The number of benzene rings is 1. The zero-order chi connectivity index (χ0) is 13.4. The fourth-order valence-corrected chi connectivity index (χ4v) is 1.49. The quantitative estimate of drug-likeness (QED) is 0.782. The molecule has 1 rings (SSSR count). The second-order valence-corrected chi connectivity index (χ2v) is 5.24. The minimum Gasteiger partial charge on any atom is -0.350 e. The molecule has 0 aliphatic carbocycles. The van der Waals surface area contributed by atoms with E-state index in [1.54, 1.807) is 0 Å². The summed E-state index contributed by atoms with van der Waals surface area (Å²) in [6.45, 7) is 6.95. The van der Waals surface area contributed by atoms with Gasteiger partial charge in [-0.05, 0) is 26.3 Å². The second kappa shape index (κ2) is 6.97. The maximum absolute atomic E-state index is 11.5. The highest BCUT2D eigenvalue weighted by atomic mass is 16.2. The third-order valence-corrected chi connectivity index (χ3v) is 2.17. The maximum Gasteiger partial charge on any atom is 0.234 e. The van der Waals surface area contributed by atoms with Crippen LogP contribution in [-0.2, 0) is 4.79 Å². The first-order chi connectivity index (χ1) is 8.47. The van der Waals surface area contributed by atoms with Crippen LogP contribution in [0.4, 0.5) is 0 Å². The number of rotatable bonds is 5. The van der Waals surface area contributed by atoms with Crippen molar-refractivity contribution in [1.82, 2.24) is 10.6 Å². The molecule has 3 heteroatoms. The van der Waals surface area contributed by atoms with Crippen molar-refractivity contribution in [3.63, 3.8) is 0 Å². The first-order valence-electron chi connectivity index (χ1n) is 6.21. The molecule has 0 radical (unpaired) electrons. The number of carbonyl (C=O) groups excluding carboxylic acids is 1. The molecule has 1 aromatic rings. The Balaban J connectivity index is 2.19. The number of nitrogens with one attached hydrogen (secondary N) is 2. The van der Waals surface area contributed by atoms with Crippen molar-refractivity contribution in [2.24, 2.45) is 0 Å². The highest BCUT2D eigenvalue weighted by molar-refractivity contribution is 5.78. The van der Waals surface area contributed by atoms with Gasteiger partial charge in [0, 0.05) is 12.1 Å². The van der Waals surface area contributed by atoms with Gasteiger partial charge in [0.2, 0.25) is 5.91 Å².